The molecule has 0 bridgehead atoms. The number of halogens is 6. The molecule has 3 rings (SSSR count). The summed E-state index contributed by atoms with van der Waals surface area (Å²) in [7, 11) is 1.86. The zero-order valence-corrected chi connectivity index (χ0v) is 16.2. The van der Waals surface area contributed by atoms with Gasteiger partial charge in [0.05, 0.1) is 11.3 Å². The van der Waals surface area contributed by atoms with Gasteiger partial charge in [0.1, 0.15) is 11.3 Å². The van der Waals surface area contributed by atoms with E-state index < -0.39 is 35.0 Å². The molecule has 1 atom stereocenters. The fourth-order valence-electron chi connectivity index (χ4n) is 3.58. The van der Waals surface area contributed by atoms with Gasteiger partial charge in [-0.3, -0.25) is 0 Å². The SMILES string of the molecule is Cc1cc(C(F)(F)F)cc(O)c1-c1cc(C(F)(F)F)c(NC2CCCN(C)C2)nn1. The quantitative estimate of drug-likeness (QED) is 0.686. The van der Waals surface area contributed by atoms with Gasteiger partial charge in [0.15, 0.2) is 5.82 Å². The van der Waals surface area contributed by atoms with Crippen molar-refractivity contribution in [1.82, 2.24) is 15.1 Å². The van der Waals surface area contributed by atoms with Gasteiger partial charge in [-0.2, -0.15) is 26.3 Å². The second-order valence-corrected chi connectivity index (χ2v) is 7.42. The third-order valence-electron chi connectivity index (χ3n) is 4.96. The van der Waals surface area contributed by atoms with Crippen LogP contribution in [0.1, 0.15) is 29.5 Å². The van der Waals surface area contributed by atoms with Crippen LogP contribution < -0.4 is 5.32 Å². The highest BCUT2D eigenvalue weighted by molar-refractivity contribution is 5.72. The predicted molar refractivity (Wildman–Crippen MR) is 98.0 cm³/mol. The Morgan fingerprint density at radius 3 is 2.33 bits per heavy atom. The molecule has 0 amide bonds. The average Bonchev–Trinajstić information content (AvgIpc) is 2.60. The summed E-state index contributed by atoms with van der Waals surface area (Å²) >= 11 is 0. The molecule has 11 heteroatoms. The Balaban J connectivity index is 2.02. The molecule has 164 valence electrons. The summed E-state index contributed by atoms with van der Waals surface area (Å²) in [4.78, 5) is 1.99. The largest absolute Gasteiger partial charge is 0.507 e. The maximum absolute atomic E-state index is 13.7. The number of nitrogens with zero attached hydrogens (tertiary/aromatic N) is 3. The summed E-state index contributed by atoms with van der Waals surface area (Å²) < 4.78 is 79.7. The third kappa shape index (κ3) is 4.77. The molecule has 1 saturated heterocycles. The Morgan fingerprint density at radius 1 is 1.07 bits per heavy atom. The van der Waals surface area contributed by atoms with E-state index in [4.69, 9.17) is 0 Å². The van der Waals surface area contributed by atoms with Gasteiger partial charge in [-0.1, -0.05) is 0 Å². The molecule has 1 aliphatic rings. The molecule has 2 heterocycles. The van der Waals surface area contributed by atoms with Crippen molar-refractivity contribution in [2.75, 3.05) is 25.5 Å². The molecule has 2 aromatic rings. The first-order chi connectivity index (χ1) is 13.9. The van der Waals surface area contributed by atoms with Crippen molar-refractivity contribution >= 4 is 5.82 Å². The number of likely N-dealkylation sites (tertiary alicyclic amines) is 1. The number of benzene rings is 1. The molecule has 2 N–H and O–H groups in total. The van der Waals surface area contributed by atoms with E-state index in [1.807, 2.05) is 11.9 Å². The summed E-state index contributed by atoms with van der Waals surface area (Å²) in [5, 5.41) is 20.3. The molecule has 1 unspecified atom stereocenters. The van der Waals surface area contributed by atoms with Crippen molar-refractivity contribution in [2.45, 2.75) is 38.2 Å². The van der Waals surface area contributed by atoms with Crippen LogP contribution in [0, 0.1) is 6.92 Å². The van der Waals surface area contributed by atoms with E-state index in [0.717, 1.165) is 19.0 Å². The second kappa shape index (κ2) is 7.93. The van der Waals surface area contributed by atoms with Crippen LogP contribution in [-0.2, 0) is 12.4 Å². The highest BCUT2D eigenvalue weighted by atomic mass is 19.4. The van der Waals surface area contributed by atoms with Crippen LogP contribution >= 0.6 is 0 Å². The Labute approximate surface area is 168 Å². The Bertz CT molecular complexity index is 905. The molecule has 0 spiro atoms. The molecule has 30 heavy (non-hydrogen) atoms. The number of aryl methyl sites for hydroxylation is 1. The van der Waals surface area contributed by atoms with E-state index in [-0.39, 0.29) is 22.9 Å². The first-order valence-electron chi connectivity index (χ1n) is 9.17. The van der Waals surface area contributed by atoms with E-state index in [2.05, 4.69) is 15.5 Å². The number of nitrogens with one attached hydrogen (secondary N) is 1. The first kappa shape index (κ1) is 22.1. The summed E-state index contributed by atoms with van der Waals surface area (Å²) in [6, 6.07) is 1.65. The summed E-state index contributed by atoms with van der Waals surface area (Å²) in [6.45, 7) is 2.64. The maximum atomic E-state index is 13.7. The number of hydrogen-bond donors (Lipinski definition) is 2. The molecule has 0 saturated carbocycles. The van der Waals surface area contributed by atoms with Crippen molar-refractivity contribution in [3.05, 3.63) is 34.9 Å². The monoisotopic (exact) mass is 434 g/mol. The van der Waals surface area contributed by atoms with Crippen molar-refractivity contribution in [3.8, 4) is 17.0 Å². The minimum Gasteiger partial charge on any atom is -0.507 e. The van der Waals surface area contributed by atoms with Crippen LogP contribution in [0.3, 0.4) is 0 Å². The fraction of sp³-hybridized carbons (Fsp3) is 0.474. The van der Waals surface area contributed by atoms with Gasteiger partial charge in [0, 0.05) is 18.2 Å². The number of hydrogen-bond acceptors (Lipinski definition) is 5. The molecule has 1 aliphatic heterocycles. The average molecular weight is 434 g/mol. The number of alkyl halides is 6. The van der Waals surface area contributed by atoms with Crippen LogP contribution in [0.2, 0.25) is 0 Å². The van der Waals surface area contributed by atoms with Crippen LogP contribution in [0.15, 0.2) is 18.2 Å². The van der Waals surface area contributed by atoms with Crippen LogP contribution in [0.25, 0.3) is 11.3 Å². The van der Waals surface area contributed by atoms with Gasteiger partial charge in [0.2, 0.25) is 0 Å². The molecular weight excluding hydrogens is 414 g/mol. The number of phenolic OH excluding ortho intramolecular Hbond substituents is 1. The van der Waals surface area contributed by atoms with E-state index in [1.54, 1.807) is 0 Å². The number of piperidine rings is 1. The highest BCUT2D eigenvalue weighted by Gasteiger charge is 2.37. The van der Waals surface area contributed by atoms with Gasteiger partial charge < -0.3 is 15.3 Å². The van der Waals surface area contributed by atoms with E-state index in [0.29, 0.717) is 25.1 Å². The molecule has 1 aromatic carbocycles. The molecule has 0 aliphatic carbocycles. The lowest BCUT2D eigenvalue weighted by Crippen LogP contribution is -2.40. The summed E-state index contributed by atoms with van der Waals surface area (Å²) in [5.41, 5.74) is -2.87. The molecule has 0 radical (unpaired) electrons. The zero-order valence-electron chi connectivity index (χ0n) is 16.2. The van der Waals surface area contributed by atoms with E-state index >= 15 is 0 Å². The Kier molecular flexibility index (Phi) is 5.85. The van der Waals surface area contributed by atoms with Crippen molar-refractivity contribution in [2.24, 2.45) is 0 Å². The number of aromatic nitrogens is 2. The van der Waals surface area contributed by atoms with Crippen LogP contribution in [0.5, 0.6) is 5.75 Å². The first-order valence-corrected chi connectivity index (χ1v) is 9.17. The smallest absolute Gasteiger partial charge is 0.420 e. The Morgan fingerprint density at radius 2 is 1.77 bits per heavy atom. The van der Waals surface area contributed by atoms with Crippen molar-refractivity contribution < 1.29 is 31.4 Å². The summed E-state index contributed by atoms with van der Waals surface area (Å²) in [5.74, 6) is -1.27. The number of aromatic hydroxyl groups is 1. The molecule has 1 aromatic heterocycles. The highest BCUT2D eigenvalue weighted by Crippen LogP contribution is 2.41. The topological polar surface area (TPSA) is 61.3 Å². The minimum atomic E-state index is -4.77. The van der Waals surface area contributed by atoms with Crippen molar-refractivity contribution in [3.63, 3.8) is 0 Å². The maximum Gasteiger partial charge on any atom is 0.420 e. The minimum absolute atomic E-state index is 0.0700. The molecular formula is C19H20F6N4O. The Hall–Kier alpha value is -2.56. The van der Waals surface area contributed by atoms with Crippen molar-refractivity contribution in [1.29, 1.82) is 0 Å². The van der Waals surface area contributed by atoms with Gasteiger partial charge in [-0.15, -0.1) is 10.2 Å². The number of anilines is 1. The lowest BCUT2D eigenvalue weighted by atomic mass is 9.99. The molecule has 1 fully saturated rings. The van der Waals surface area contributed by atoms with Gasteiger partial charge in [0.25, 0.3) is 0 Å². The van der Waals surface area contributed by atoms with Crippen LogP contribution in [-0.4, -0.2) is 46.4 Å². The zero-order chi connectivity index (χ0) is 22.3. The predicted octanol–water partition coefficient (Wildman–Crippen LogP) is 4.70. The van der Waals surface area contributed by atoms with E-state index in [9.17, 15) is 31.4 Å². The second-order valence-electron chi connectivity index (χ2n) is 7.42. The lowest BCUT2D eigenvalue weighted by molar-refractivity contribution is -0.138. The van der Waals surface area contributed by atoms with Crippen LogP contribution in [0.4, 0.5) is 32.2 Å². The number of likely N-dealkylation sites (N-methyl/N-ethyl adjacent to an activating group) is 1. The molecule has 5 nitrogen and oxygen atoms in total. The third-order valence-corrected chi connectivity index (χ3v) is 4.96. The van der Waals surface area contributed by atoms with Gasteiger partial charge >= 0.3 is 12.4 Å². The number of rotatable bonds is 3. The lowest BCUT2D eigenvalue weighted by Gasteiger charge is -2.31. The van der Waals surface area contributed by atoms with E-state index in [1.165, 1.54) is 6.92 Å². The normalized spacial score (nSPS) is 18.5. The van der Waals surface area contributed by atoms with Gasteiger partial charge in [-0.25, -0.2) is 0 Å². The standard InChI is InChI=1S/C19H20F6N4O/c1-10-6-11(18(20,21)22)7-15(30)16(10)14-8-13(19(23,24)25)17(28-27-14)26-12-4-3-5-29(2)9-12/h6-8,12,30H,3-5,9H2,1-2H3,(H,26,28). The summed E-state index contributed by atoms with van der Waals surface area (Å²) in [6.07, 6.45) is -7.99. The number of phenols is 1. The van der Waals surface area contributed by atoms with Gasteiger partial charge in [-0.05, 0) is 57.1 Å². The fourth-order valence-corrected chi connectivity index (χ4v) is 3.58.